The molecule has 1 aromatic rings. The molecule has 32 heavy (non-hydrogen) atoms. The van der Waals surface area contributed by atoms with Crippen LogP contribution < -0.4 is 39.4 Å². The molecule has 2 aliphatic carbocycles. The first-order valence-electron chi connectivity index (χ1n) is 12.1. The normalized spacial score (nSPS) is 29.4. The van der Waals surface area contributed by atoms with Crippen LogP contribution in [-0.2, 0) is 14.3 Å². The van der Waals surface area contributed by atoms with E-state index in [0.717, 1.165) is 52.0 Å². The quantitative estimate of drug-likeness (QED) is 0.483. The van der Waals surface area contributed by atoms with Gasteiger partial charge in [0, 0.05) is 19.1 Å². The molecule has 0 spiro atoms. The van der Waals surface area contributed by atoms with Gasteiger partial charge in [0.25, 0.3) is 0 Å². The largest absolute Gasteiger partial charge is 1.00 e. The van der Waals surface area contributed by atoms with Crippen LogP contribution in [0.25, 0.3) is 0 Å². The van der Waals surface area contributed by atoms with E-state index in [0.29, 0.717) is 30.2 Å². The molecule has 4 rings (SSSR count). The van der Waals surface area contributed by atoms with Crippen LogP contribution in [0.2, 0.25) is 0 Å². The third-order valence-electron chi connectivity index (χ3n) is 7.20. The van der Waals surface area contributed by atoms with Crippen LogP contribution in [0, 0.1) is 5.92 Å². The van der Waals surface area contributed by atoms with Crippen molar-refractivity contribution < 1.29 is 53.7 Å². The number of rotatable bonds is 9. The van der Waals surface area contributed by atoms with E-state index in [4.69, 9.17) is 14.2 Å². The SMILES string of the molecule is O=C([O-])C(CC1CCC(OCCN2CCOC3CCCCC32)CC1)Oc1ccccc1.[Na+]. The summed E-state index contributed by atoms with van der Waals surface area (Å²) < 4.78 is 17.9. The third kappa shape index (κ3) is 7.44. The molecule has 3 unspecified atom stereocenters. The van der Waals surface area contributed by atoms with Gasteiger partial charge >= 0.3 is 29.6 Å². The van der Waals surface area contributed by atoms with E-state index in [1.807, 2.05) is 18.2 Å². The Bertz CT molecular complexity index is 680. The number of nitrogens with zero attached hydrogens (tertiary/aromatic N) is 1. The molecule has 3 fully saturated rings. The molecule has 172 valence electrons. The fourth-order valence-corrected chi connectivity index (χ4v) is 5.48. The second-order valence-corrected chi connectivity index (χ2v) is 9.28. The van der Waals surface area contributed by atoms with Gasteiger partial charge in [-0.15, -0.1) is 0 Å². The maximum absolute atomic E-state index is 11.6. The number of morpholine rings is 1. The van der Waals surface area contributed by atoms with Crippen LogP contribution >= 0.6 is 0 Å². The Morgan fingerprint density at radius 3 is 2.59 bits per heavy atom. The van der Waals surface area contributed by atoms with Crippen molar-refractivity contribution in [2.75, 3.05) is 26.3 Å². The van der Waals surface area contributed by atoms with Crippen molar-refractivity contribution >= 4 is 5.97 Å². The van der Waals surface area contributed by atoms with Gasteiger partial charge in [0.15, 0.2) is 0 Å². The number of carboxylic acids is 1. The zero-order valence-electron chi connectivity index (χ0n) is 19.5. The van der Waals surface area contributed by atoms with Crippen molar-refractivity contribution in [2.45, 2.75) is 82.1 Å². The number of aliphatic carboxylic acids is 1. The first kappa shape index (κ1) is 26.0. The van der Waals surface area contributed by atoms with Crippen molar-refractivity contribution in [2.24, 2.45) is 5.92 Å². The molecule has 0 amide bonds. The number of carbonyl (C=O) groups is 1. The van der Waals surface area contributed by atoms with Crippen LogP contribution in [0.1, 0.15) is 57.8 Å². The minimum absolute atomic E-state index is 0. The second kappa shape index (κ2) is 13.3. The van der Waals surface area contributed by atoms with Gasteiger partial charge in [0.05, 0.1) is 31.4 Å². The van der Waals surface area contributed by atoms with Crippen molar-refractivity contribution in [3.8, 4) is 5.75 Å². The molecule has 1 aliphatic heterocycles. The van der Waals surface area contributed by atoms with Crippen LogP contribution in [0.4, 0.5) is 0 Å². The number of para-hydroxylation sites is 1. The number of benzene rings is 1. The van der Waals surface area contributed by atoms with Crippen molar-refractivity contribution in [3.05, 3.63) is 30.3 Å². The van der Waals surface area contributed by atoms with Gasteiger partial charge in [-0.05, 0) is 63.0 Å². The number of carboxylic acid groups (broad SMARTS) is 1. The van der Waals surface area contributed by atoms with E-state index in [2.05, 4.69) is 4.90 Å². The molecular weight excluding hydrogens is 417 g/mol. The van der Waals surface area contributed by atoms with E-state index in [1.54, 1.807) is 12.1 Å². The third-order valence-corrected chi connectivity index (χ3v) is 7.20. The first-order valence-corrected chi connectivity index (χ1v) is 12.1. The topological polar surface area (TPSA) is 71.1 Å². The van der Waals surface area contributed by atoms with Crippen molar-refractivity contribution in [1.82, 2.24) is 4.90 Å². The Morgan fingerprint density at radius 2 is 1.84 bits per heavy atom. The average Bonchev–Trinajstić information content (AvgIpc) is 2.80. The Hall–Kier alpha value is -0.630. The van der Waals surface area contributed by atoms with E-state index < -0.39 is 12.1 Å². The standard InChI is InChI=1S/C25H37NO5.Na/c27-25(28)24(31-21-6-2-1-3-7-21)18-19-10-12-20(13-11-19)29-16-14-26-15-17-30-23-9-5-4-8-22(23)26;/h1-3,6-7,19-20,22-24H,4-5,8-18H2,(H,27,28);/q;+1/p-1. The molecular formula is C25H36NNaO5. The van der Waals surface area contributed by atoms with Crippen LogP contribution in [-0.4, -0.2) is 61.5 Å². The molecule has 1 aromatic carbocycles. The predicted octanol–water partition coefficient (Wildman–Crippen LogP) is -0.203. The molecule has 6 nitrogen and oxygen atoms in total. The van der Waals surface area contributed by atoms with Gasteiger partial charge in [-0.25, -0.2) is 0 Å². The number of ether oxygens (including phenoxy) is 3. The summed E-state index contributed by atoms with van der Waals surface area (Å²) in [6, 6.07) is 9.71. The average molecular weight is 454 g/mol. The fraction of sp³-hybridized carbons (Fsp3) is 0.720. The van der Waals surface area contributed by atoms with Gasteiger partial charge in [0.1, 0.15) is 11.9 Å². The Labute approximate surface area is 214 Å². The molecule has 7 heteroatoms. The van der Waals surface area contributed by atoms with Gasteiger partial charge in [-0.3, -0.25) is 4.90 Å². The molecule has 0 bridgehead atoms. The van der Waals surface area contributed by atoms with Crippen LogP contribution in [0.3, 0.4) is 0 Å². The van der Waals surface area contributed by atoms with Gasteiger partial charge < -0.3 is 24.1 Å². The van der Waals surface area contributed by atoms with Crippen molar-refractivity contribution in [3.63, 3.8) is 0 Å². The summed E-state index contributed by atoms with van der Waals surface area (Å²) in [5.41, 5.74) is 0. The maximum atomic E-state index is 11.6. The van der Waals surface area contributed by atoms with E-state index >= 15 is 0 Å². The number of fused-ring (bicyclic) bond motifs is 1. The monoisotopic (exact) mass is 453 g/mol. The molecule has 0 radical (unpaired) electrons. The van der Waals surface area contributed by atoms with Gasteiger partial charge in [0.2, 0.25) is 0 Å². The number of hydrogen-bond acceptors (Lipinski definition) is 6. The van der Waals surface area contributed by atoms with Crippen molar-refractivity contribution in [1.29, 1.82) is 0 Å². The molecule has 1 heterocycles. The summed E-state index contributed by atoms with van der Waals surface area (Å²) in [6.45, 7) is 3.62. The molecule has 0 N–H and O–H groups in total. The summed E-state index contributed by atoms with van der Waals surface area (Å²) in [6.07, 6.45) is 9.32. The summed E-state index contributed by atoms with van der Waals surface area (Å²) in [5.74, 6) is -0.209. The molecule has 3 atom stereocenters. The summed E-state index contributed by atoms with van der Waals surface area (Å²) >= 11 is 0. The molecule has 1 saturated heterocycles. The van der Waals surface area contributed by atoms with E-state index in [1.165, 1.54) is 25.7 Å². The van der Waals surface area contributed by atoms with Crippen LogP contribution in [0.5, 0.6) is 5.75 Å². The number of hydrogen-bond donors (Lipinski definition) is 0. The predicted molar refractivity (Wildman–Crippen MR) is 116 cm³/mol. The fourth-order valence-electron chi connectivity index (χ4n) is 5.48. The van der Waals surface area contributed by atoms with Gasteiger partial charge in [-0.1, -0.05) is 31.0 Å². The van der Waals surface area contributed by atoms with Gasteiger partial charge in [-0.2, -0.15) is 0 Å². The zero-order chi connectivity index (χ0) is 21.5. The summed E-state index contributed by atoms with van der Waals surface area (Å²) in [4.78, 5) is 14.1. The molecule has 3 aliphatic rings. The summed E-state index contributed by atoms with van der Waals surface area (Å²) in [7, 11) is 0. The summed E-state index contributed by atoms with van der Waals surface area (Å²) in [5, 5.41) is 11.6. The Balaban J connectivity index is 0.00000289. The first-order chi connectivity index (χ1) is 15.2. The zero-order valence-corrected chi connectivity index (χ0v) is 21.5. The molecule has 2 saturated carbocycles. The van der Waals surface area contributed by atoms with E-state index in [-0.39, 0.29) is 35.7 Å². The minimum atomic E-state index is -1.13. The maximum Gasteiger partial charge on any atom is 1.00 e. The smallest absolute Gasteiger partial charge is 0.546 e. The van der Waals surface area contributed by atoms with Crippen LogP contribution in [0.15, 0.2) is 30.3 Å². The number of carbonyl (C=O) groups excluding carboxylic acids is 1. The Kier molecular flexibility index (Phi) is 10.8. The van der Waals surface area contributed by atoms with E-state index in [9.17, 15) is 9.90 Å². The minimum Gasteiger partial charge on any atom is -0.546 e. The second-order valence-electron chi connectivity index (χ2n) is 9.28. The molecule has 0 aromatic heterocycles. The Morgan fingerprint density at radius 1 is 1.09 bits per heavy atom.